The number of amides is 1. The van der Waals surface area contributed by atoms with Gasteiger partial charge in [-0.25, -0.2) is 4.99 Å². The van der Waals surface area contributed by atoms with E-state index >= 15 is 0 Å². The molecule has 0 unspecified atom stereocenters. The molecule has 3 aromatic rings. The van der Waals surface area contributed by atoms with Gasteiger partial charge in [-0.2, -0.15) is 0 Å². The zero-order chi connectivity index (χ0) is 19.7. The highest BCUT2D eigenvalue weighted by Gasteiger charge is 2.24. The molecule has 5 nitrogen and oxygen atoms in total. The number of carbonyl (C=O) groups is 1. The van der Waals surface area contributed by atoms with Crippen molar-refractivity contribution in [1.82, 2.24) is 5.32 Å². The molecule has 1 amide bonds. The minimum Gasteiger partial charge on any atom is -0.506 e. The van der Waals surface area contributed by atoms with Crippen molar-refractivity contribution in [1.29, 1.82) is 0 Å². The van der Waals surface area contributed by atoms with E-state index in [1.165, 1.54) is 11.8 Å². The summed E-state index contributed by atoms with van der Waals surface area (Å²) in [7, 11) is 0. The number of hydrogen-bond acceptors (Lipinski definition) is 5. The second-order valence-corrected chi connectivity index (χ2v) is 7.59. The lowest BCUT2D eigenvalue weighted by Gasteiger charge is -2.01. The molecule has 1 saturated heterocycles. The third-order valence-corrected chi connectivity index (χ3v) is 5.28. The minimum atomic E-state index is -0.272. The minimum absolute atomic E-state index is 0.0563. The van der Waals surface area contributed by atoms with Crippen molar-refractivity contribution >= 4 is 46.2 Å². The van der Waals surface area contributed by atoms with E-state index in [4.69, 9.17) is 16.0 Å². The molecule has 1 aromatic heterocycles. The second-order valence-electron chi connectivity index (χ2n) is 6.16. The third kappa shape index (κ3) is 3.83. The summed E-state index contributed by atoms with van der Waals surface area (Å²) in [5.41, 5.74) is 2.16. The summed E-state index contributed by atoms with van der Waals surface area (Å²) in [6, 6.07) is 16.1. The smallest absolute Gasteiger partial charge is 0.264 e. The van der Waals surface area contributed by atoms with Crippen molar-refractivity contribution in [3.8, 4) is 17.1 Å². The summed E-state index contributed by atoms with van der Waals surface area (Å²) in [5, 5.41) is 13.6. The van der Waals surface area contributed by atoms with Gasteiger partial charge in [-0.3, -0.25) is 4.79 Å². The Hall–Kier alpha value is -2.96. The van der Waals surface area contributed by atoms with E-state index in [0.29, 0.717) is 32.3 Å². The van der Waals surface area contributed by atoms with Crippen LogP contribution in [0.15, 0.2) is 68.9 Å². The van der Waals surface area contributed by atoms with Crippen LogP contribution in [0, 0.1) is 6.92 Å². The highest BCUT2D eigenvalue weighted by atomic mass is 35.5. The number of rotatable bonds is 3. The lowest BCUT2D eigenvalue weighted by atomic mass is 10.2. The van der Waals surface area contributed by atoms with Gasteiger partial charge in [-0.1, -0.05) is 29.8 Å². The number of nitrogens with one attached hydrogen (secondary N) is 1. The van der Waals surface area contributed by atoms with Crippen LogP contribution in [0.2, 0.25) is 5.02 Å². The van der Waals surface area contributed by atoms with Crippen LogP contribution >= 0.6 is 23.4 Å². The first-order valence-electron chi connectivity index (χ1n) is 8.43. The highest BCUT2D eigenvalue weighted by molar-refractivity contribution is 8.18. The van der Waals surface area contributed by atoms with Crippen LogP contribution in [0.5, 0.6) is 5.75 Å². The number of phenols is 1. The van der Waals surface area contributed by atoms with Crippen LogP contribution in [-0.2, 0) is 4.79 Å². The van der Waals surface area contributed by atoms with Gasteiger partial charge in [0, 0.05) is 11.6 Å². The number of carbonyl (C=O) groups excluding carboxylic acids is 1. The first kappa shape index (κ1) is 18.4. The summed E-state index contributed by atoms with van der Waals surface area (Å²) < 4.78 is 5.82. The summed E-state index contributed by atoms with van der Waals surface area (Å²) >= 11 is 7.39. The van der Waals surface area contributed by atoms with E-state index in [1.807, 2.05) is 31.2 Å². The molecule has 0 spiro atoms. The highest BCUT2D eigenvalue weighted by Crippen LogP contribution is 2.34. The number of furan rings is 1. The van der Waals surface area contributed by atoms with Gasteiger partial charge in [0.2, 0.25) is 0 Å². The van der Waals surface area contributed by atoms with Gasteiger partial charge in [0.05, 0.1) is 9.93 Å². The predicted molar refractivity (Wildman–Crippen MR) is 113 cm³/mol. The molecule has 2 aromatic carbocycles. The average Bonchev–Trinajstić information content (AvgIpc) is 3.26. The summed E-state index contributed by atoms with van der Waals surface area (Å²) in [4.78, 5) is 17.0. The van der Waals surface area contributed by atoms with Crippen LogP contribution < -0.4 is 5.32 Å². The SMILES string of the molecule is Cc1ccc(O)c(N=C2NC(=O)/C(=C\c3ccc(-c4ccccc4Cl)o3)S2)c1. The number of benzene rings is 2. The number of halogens is 1. The van der Waals surface area contributed by atoms with Gasteiger partial charge in [-0.05, 0) is 60.6 Å². The molecule has 1 fully saturated rings. The Morgan fingerprint density at radius 1 is 1.18 bits per heavy atom. The summed E-state index contributed by atoms with van der Waals surface area (Å²) in [5.74, 6) is 0.944. The molecule has 0 saturated carbocycles. The molecule has 0 aliphatic carbocycles. The Labute approximate surface area is 170 Å². The molecule has 0 atom stereocenters. The molecule has 28 heavy (non-hydrogen) atoms. The Kier molecular flexibility index (Phi) is 4.98. The molecule has 0 bridgehead atoms. The van der Waals surface area contributed by atoms with E-state index < -0.39 is 0 Å². The van der Waals surface area contributed by atoms with Crippen molar-refractivity contribution in [3.05, 3.63) is 75.8 Å². The maximum absolute atomic E-state index is 12.3. The lowest BCUT2D eigenvalue weighted by Crippen LogP contribution is -2.19. The summed E-state index contributed by atoms with van der Waals surface area (Å²) in [6.45, 7) is 1.91. The van der Waals surface area contributed by atoms with E-state index in [0.717, 1.165) is 11.1 Å². The van der Waals surface area contributed by atoms with E-state index in [-0.39, 0.29) is 11.7 Å². The Morgan fingerprint density at radius 3 is 2.82 bits per heavy atom. The molecule has 2 N–H and O–H groups in total. The van der Waals surface area contributed by atoms with Crippen molar-refractivity contribution in [3.63, 3.8) is 0 Å². The van der Waals surface area contributed by atoms with E-state index in [2.05, 4.69) is 10.3 Å². The van der Waals surface area contributed by atoms with Gasteiger partial charge < -0.3 is 14.8 Å². The molecule has 1 aliphatic rings. The third-order valence-electron chi connectivity index (χ3n) is 4.04. The molecule has 2 heterocycles. The Balaban J connectivity index is 1.58. The first-order chi connectivity index (χ1) is 13.5. The lowest BCUT2D eigenvalue weighted by molar-refractivity contribution is -0.115. The maximum atomic E-state index is 12.3. The largest absolute Gasteiger partial charge is 0.506 e. The topological polar surface area (TPSA) is 74.8 Å². The van der Waals surface area contributed by atoms with Gasteiger partial charge in [0.1, 0.15) is 23.0 Å². The fourth-order valence-corrected chi connectivity index (χ4v) is 3.72. The van der Waals surface area contributed by atoms with Crippen molar-refractivity contribution in [2.45, 2.75) is 6.92 Å². The predicted octanol–water partition coefficient (Wildman–Crippen LogP) is 5.51. The monoisotopic (exact) mass is 410 g/mol. The van der Waals surface area contributed by atoms with E-state index in [1.54, 1.807) is 36.4 Å². The summed E-state index contributed by atoms with van der Waals surface area (Å²) in [6.07, 6.45) is 1.65. The Morgan fingerprint density at radius 2 is 2.00 bits per heavy atom. The van der Waals surface area contributed by atoms with Gasteiger partial charge in [0.25, 0.3) is 5.91 Å². The number of hydrogen-bond donors (Lipinski definition) is 2. The fourth-order valence-electron chi connectivity index (χ4n) is 2.68. The number of nitrogens with zero attached hydrogens (tertiary/aromatic N) is 1. The van der Waals surface area contributed by atoms with Crippen LogP contribution in [-0.4, -0.2) is 16.2 Å². The van der Waals surface area contributed by atoms with Crippen molar-refractivity contribution in [2.75, 3.05) is 0 Å². The molecule has 140 valence electrons. The second kappa shape index (κ2) is 7.58. The van der Waals surface area contributed by atoms with Crippen LogP contribution in [0.1, 0.15) is 11.3 Å². The molecule has 1 aliphatic heterocycles. The van der Waals surface area contributed by atoms with Crippen molar-refractivity contribution < 1.29 is 14.3 Å². The number of amidine groups is 1. The Bertz CT molecular complexity index is 1130. The first-order valence-corrected chi connectivity index (χ1v) is 9.63. The van der Waals surface area contributed by atoms with Crippen LogP contribution in [0.4, 0.5) is 5.69 Å². The van der Waals surface area contributed by atoms with Gasteiger partial charge in [0.15, 0.2) is 5.17 Å². The molecular weight excluding hydrogens is 396 g/mol. The molecule has 7 heteroatoms. The number of aromatic hydroxyl groups is 1. The number of aryl methyl sites for hydroxylation is 1. The zero-order valence-electron chi connectivity index (χ0n) is 14.8. The standard InChI is InChI=1S/C21H15ClN2O3S/c1-12-6-8-17(25)16(10-12)23-21-24-20(26)19(28-21)11-13-7-9-18(27-13)14-4-2-3-5-15(14)22/h2-11,25H,1H3,(H,23,24,26)/b19-11+. The molecule has 0 radical (unpaired) electrons. The zero-order valence-corrected chi connectivity index (χ0v) is 16.3. The fraction of sp³-hybridized carbons (Fsp3) is 0.0476. The number of thioether (sulfide) groups is 1. The average molecular weight is 411 g/mol. The maximum Gasteiger partial charge on any atom is 0.264 e. The normalized spacial score (nSPS) is 16.7. The van der Waals surface area contributed by atoms with Crippen molar-refractivity contribution in [2.24, 2.45) is 4.99 Å². The quantitative estimate of drug-likeness (QED) is 0.558. The number of aliphatic imine (C=N–C) groups is 1. The van der Waals surface area contributed by atoms with Gasteiger partial charge in [-0.15, -0.1) is 0 Å². The molecular formula is C21H15ClN2O3S. The molecule has 4 rings (SSSR count). The van der Waals surface area contributed by atoms with Crippen LogP contribution in [0.25, 0.3) is 17.4 Å². The van der Waals surface area contributed by atoms with Gasteiger partial charge >= 0.3 is 0 Å². The van der Waals surface area contributed by atoms with E-state index in [9.17, 15) is 9.90 Å². The van der Waals surface area contributed by atoms with Crippen LogP contribution in [0.3, 0.4) is 0 Å². The number of phenolic OH excluding ortho intramolecular Hbond substituents is 1.